The summed E-state index contributed by atoms with van der Waals surface area (Å²) < 4.78 is 35.6. The summed E-state index contributed by atoms with van der Waals surface area (Å²) in [7, 11) is -2.03. The second-order valence-corrected chi connectivity index (χ2v) is 7.93. The van der Waals surface area contributed by atoms with Crippen LogP contribution in [0.15, 0.2) is 41.0 Å². The van der Waals surface area contributed by atoms with E-state index in [0.29, 0.717) is 35.2 Å². The maximum absolute atomic E-state index is 12.1. The van der Waals surface area contributed by atoms with Crippen LogP contribution in [0.2, 0.25) is 5.02 Å². The molecule has 0 spiro atoms. The highest BCUT2D eigenvalue weighted by Gasteiger charge is 2.19. The van der Waals surface area contributed by atoms with Crippen molar-refractivity contribution in [2.45, 2.75) is 19.4 Å². The molecule has 0 aliphatic carbocycles. The Morgan fingerprint density at radius 1 is 1.35 bits per heavy atom. The number of nitrogens with one attached hydrogen (secondary N) is 1. The SMILES string of the molecule is COc1ccc(N(CCCC(=O)NCc2ccco2)S(C)(=O)=O)cc1Cl. The van der Waals surface area contributed by atoms with E-state index in [0.717, 1.165) is 6.26 Å². The summed E-state index contributed by atoms with van der Waals surface area (Å²) >= 11 is 6.08. The average molecular weight is 401 g/mol. The predicted octanol–water partition coefficient (Wildman–Crippen LogP) is 2.80. The summed E-state index contributed by atoms with van der Waals surface area (Å²) in [6, 6.07) is 8.25. The van der Waals surface area contributed by atoms with E-state index in [1.54, 1.807) is 24.3 Å². The number of rotatable bonds is 9. The van der Waals surface area contributed by atoms with Crippen molar-refractivity contribution >= 4 is 33.2 Å². The second-order valence-electron chi connectivity index (χ2n) is 5.61. The Morgan fingerprint density at radius 3 is 2.69 bits per heavy atom. The number of furan rings is 1. The highest BCUT2D eigenvalue weighted by Crippen LogP contribution is 2.30. The molecule has 2 aromatic rings. The second kappa shape index (κ2) is 8.95. The first-order valence-electron chi connectivity index (χ1n) is 7.91. The number of benzene rings is 1. The molecular formula is C17H21ClN2O5S. The van der Waals surface area contributed by atoms with Crippen LogP contribution in [0.4, 0.5) is 5.69 Å². The van der Waals surface area contributed by atoms with Gasteiger partial charge < -0.3 is 14.5 Å². The van der Waals surface area contributed by atoms with Crippen LogP contribution in [0.5, 0.6) is 5.75 Å². The van der Waals surface area contributed by atoms with E-state index >= 15 is 0 Å². The number of carbonyl (C=O) groups is 1. The number of hydrogen-bond acceptors (Lipinski definition) is 5. The fourth-order valence-electron chi connectivity index (χ4n) is 2.37. The maximum atomic E-state index is 12.1. The third kappa shape index (κ3) is 5.67. The third-order valence-electron chi connectivity index (χ3n) is 3.63. The van der Waals surface area contributed by atoms with E-state index in [1.807, 2.05) is 0 Å². The molecule has 2 rings (SSSR count). The van der Waals surface area contributed by atoms with Crippen molar-refractivity contribution in [2.24, 2.45) is 0 Å². The van der Waals surface area contributed by atoms with E-state index in [2.05, 4.69) is 5.32 Å². The lowest BCUT2D eigenvalue weighted by molar-refractivity contribution is -0.121. The van der Waals surface area contributed by atoms with Gasteiger partial charge in [-0.05, 0) is 36.8 Å². The molecule has 7 nitrogen and oxygen atoms in total. The van der Waals surface area contributed by atoms with Gasteiger partial charge in [0.2, 0.25) is 15.9 Å². The van der Waals surface area contributed by atoms with Gasteiger partial charge in [-0.1, -0.05) is 11.6 Å². The Kier molecular flexibility index (Phi) is 6.93. The first-order chi connectivity index (χ1) is 12.3. The topological polar surface area (TPSA) is 88.8 Å². The Hall–Kier alpha value is -2.19. The molecule has 0 unspecified atom stereocenters. The summed E-state index contributed by atoms with van der Waals surface area (Å²) in [5.74, 6) is 0.938. The minimum Gasteiger partial charge on any atom is -0.495 e. The van der Waals surface area contributed by atoms with Crippen LogP contribution < -0.4 is 14.4 Å². The van der Waals surface area contributed by atoms with Crippen LogP contribution in [0.3, 0.4) is 0 Å². The first kappa shape index (κ1) is 20.1. The monoisotopic (exact) mass is 400 g/mol. The number of halogens is 1. The zero-order chi connectivity index (χ0) is 19.2. The first-order valence-corrected chi connectivity index (χ1v) is 10.1. The normalized spacial score (nSPS) is 11.2. The third-order valence-corrected chi connectivity index (χ3v) is 5.12. The van der Waals surface area contributed by atoms with Crippen LogP contribution in [-0.2, 0) is 21.4 Å². The summed E-state index contributed by atoms with van der Waals surface area (Å²) in [4.78, 5) is 11.9. The van der Waals surface area contributed by atoms with Gasteiger partial charge in [-0.15, -0.1) is 0 Å². The van der Waals surface area contributed by atoms with Gasteiger partial charge in [0.1, 0.15) is 11.5 Å². The van der Waals surface area contributed by atoms with Gasteiger partial charge in [0.15, 0.2) is 0 Å². The van der Waals surface area contributed by atoms with E-state index < -0.39 is 10.0 Å². The number of nitrogens with zero attached hydrogens (tertiary/aromatic N) is 1. The summed E-state index contributed by atoms with van der Waals surface area (Å²) in [5.41, 5.74) is 0.425. The van der Waals surface area contributed by atoms with E-state index in [4.69, 9.17) is 20.8 Å². The standard InChI is InChI=1S/C17H21ClN2O5S/c1-24-16-8-7-13(11-15(16)18)20(26(2,22)23)9-3-6-17(21)19-12-14-5-4-10-25-14/h4-5,7-8,10-11H,3,6,9,12H2,1-2H3,(H,19,21). The molecular weight excluding hydrogens is 380 g/mol. The minimum absolute atomic E-state index is 0.162. The molecule has 0 saturated heterocycles. The average Bonchev–Trinajstić information content (AvgIpc) is 3.09. The molecule has 1 N–H and O–H groups in total. The fourth-order valence-corrected chi connectivity index (χ4v) is 3.58. The van der Waals surface area contributed by atoms with Crippen molar-refractivity contribution < 1.29 is 22.4 Å². The maximum Gasteiger partial charge on any atom is 0.232 e. The molecule has 0 aliphatic rings. The van der Waals surface area contributed by atoms with Crippen LogP contribution >= 0.6 is 11.6 Å². The quantitative estimate of drug-likeness (QED) is 0.699. The molecule has 26 heavy (non-hydrogen) atoms. The van der Waals surface area contributed by atoms with E-state index in [1.165, 1.54) is 23.7 Å². The minimum atomic E-state index is -3.51. The zero-order valence-electron chi connectivity index (χ0n) is 14.6. The number of methoxy groups -OCH3 is 1. The number of ether oxygens (including phenoxy) is 1. The van der Waals surface area contributed by atoms with Gasteiger partial charge in [-0.2, -0.15) is 0 Å². The highest BCUT2D eigenvalue weighted by molar-refractivity contribution is 7.92. The van der Waals surface area contributed by atoms with Gasteiger partial charge in [0.25, 0.3) is 0 Å². The predicted molar refractivity (Wildman–Crippen MR) is 100.0 cm³/mol. The van der Waals surface area contributed by atoms with E-state index in [-0.39, 0.29) is 18.9 Å². The molecule has 1 aromatic heterocycles. The molecule has 1 aromatic carbocycles. The van der Waals surface area contributed by atoms with Crippen LogP contribution in [-0.4, -0.2) is 34.2 Å². The Labute approximate surface area is 157 Å². The van der Waals surface area contributed by atoms with Crippen LogP contribution in [0.25, 0.3) is 0 Å². The summed E-state index contributed by atoms with van der Waals surface area (Å²) in [6.07, 6.45) is 3.20. The van der Waals surface area contributed by atoms with Crippen molar-refractivity contribution in [2.75, 3.05) is 24.2 Å². The highest BCUT2D eigenvalue weighted by atomic mass is 35.5. The largest absolute Gasteiger partial charge is 0.495 e. The Morgan fingerprint density at radius 2 is 2.12 bits per heavy atom. The molecule has 0 radical (unpaired) electrons. The van der Waals surface area contributed by atoms with Crippen molar-refractivity contribution in [1.29, 1.82) is 0 Å². The lowest BCUT2D eigenvalue weighted by atomic mass is 10.2. The molecule has 1 amide bonds. The molecule has 0 atom stereocenters. The Balaban J connectivity index is 1.94. The fraction of sp³-hybridized carbons (Fsp3) is 0.353. The molecule has 0 fully saturated rings. The Bertz CT molecular complexity index is 837. The summed E-state index contributed by atoms with van der Waals surface area (Å²) in [5, 5.41) is 3.04. The van der Waals surface area contributed by atoms with Crippen molar-refractivity contribution in [3.8, 4) is 5.75 Å². The van der Waals surface area contributed by atoms with Gasteiger partial charge in [0, 0.05) is 13.0 Å². The van der Waals surface area contributed by atoms with Crippen molar-refractivity contribution in [3.63, 3.8) is 0 Å². The lowest BCUT2D eigenvalue weighted by Crippen LogP contribution is -2.32. The van der Waals surface area contributed by atoms with E-state index in [9.17, 15) is 13.2 Å². The summed E-state index contributed by atoms with van der Waals surface area (Å²) in [6.45, 7) is 0.464. The van der Waals surface area contributed by atoms with Gasteiger partial charge in [-0.3, -0.25) is 9.10 Å². The lowest BCUT2D eigenvalue weighted by Gasteiger charge is -2.23. The molecule has 0 saturated carbocycles. The molecule has 0 bridgehead atoms. The molecule has 1 heterocycles. The molecule has 0 aliphatic heterocycles. The van der Waals surface area contributed by atoms with Crippen LogP contribution in [0.1, 0.15) is 18.6 Å². The van der Waals surface area contributed by atoms with Gasteiger partial charge in [-0.25, -0.2) is 8.42 Å². The molecule has 9 heteroatoms. The zero-order valence-corrected chi connectivity index (χ0v) is 16.1. The molecule has 142 valence electrons. The van der Waals surface area contributed by atoms with Gasteiger partial charge in [0.05, 0.1) is 36.9 Å². The van der Waals surface area contributed by atoms with Crippen molar-refractivity contribution in [3.05, 3.63) is 47.4 Å². The number of hydrogen-bond donors (Lipinski definition) is 1. The number of sulfonamides is 1. The smallest absolute Gasteiger partial charge is 0.232 e. The number of anilines is 1. The number of carbonyl (C=O) groups excluding carboxylic acids is 1. The van der Waals surface area contributed by atoms with Crippen LogP contribution in [0, 0.1) is 0 Å². The number of amides is 1. The van der Waals surface area contributed by atoms with Gasteiger partial charge >= 0.3 is 0 Å². The van der Waals surface area contributed by atoms with Crippen molar-refractivity contribution in [1.82, 2.24) is 5.32 Å².